The number of nitrogens with one attached hydrogen (secondary N) is 1. The summed E-state index contributed by atoms with van der Waals surface area (Å²) in [7, 11) is 0. The van der Waals surface area contributed by atoms with Gasteiger partial charge in [0, 0.05) is 16.4 Å². The number of aryl methyl sites for hydroxylation is 2. The maximum Gasteiger partial charge on any atom is 0.348 e. The smallest absolute Gasteiger partial charge is 0.348 e. The predicted molar refractivity (Wildman–Crippen MR) is 99.2 cm³/mol. The van der Waals surface area contributed by atoms with Gasteiger partial charge in [0.25, 0.3) is 5.91 Å². The maximum absolute atomic E-state index is 12.2. The molecule has 0 radical (unpaired) electrons. The van der Waals surface area contributed by atoms with Crippen molar-refractivity contribution in [2.24, 2.45) is 0 Å². The van der Waals surface area contributed by atoms with Crippen LogP contribution in [0.2, 0.25) is 5.02 Å². The fraction of sp³-hybridized carbons (Fsp3) is 0.368. The average molecular weight is 378 g/mol. The molecule has 132 valence electrons. The molecule has 25 heavy (non-hydrogen) atoms. The van der Waals surface area contributed by atoms with Crippen LogP contribution in [-0.2, 0) is 28.9 Å². The van der Waals surface area contributed by atoms with Gasteiger partial charge in [-0.2, -0.15) is 0 Å². The molecule has 0 unspecified atom stereocenters. The van der Waals surface area contributed by atoms with E-state index in [4.69, 9.17) is 16.3 Å². The first-order valence-corrected chi connectivity index (χ1v) is 9.61. The number of benzene rings is 1. The highest BCUT2D eigenvalue weighted by Gasteiger charge is 2.18. The highest BCUT2D eigenvalue weighted by Crippen LogP contribution is 2.29. The molecule has 1 aliphatic rings. The Hall–Kier alpha value is -1.85. The molecule has 1 aromatic carbocycles. The van der Waals surface area contributed by atoms with Gasteiger partial charge >= 0.3 is 5.97 Å². The van der Waals surface area contributed by atoms with Crippen molar-refractivity contribution in [2.75, 3.05) is 6.61 Å². The van der Waals surface area contributed by atoms with Crippen molar-refractivity contribution in [3.8, 4) is 0 Å². The summed E-state index contributed by atoms with van der Waals surface area (Å²) in [5, 5.41) is 3.38. The van der Waals surface area contributed by atoms with Gasteiger partial charge in [0.1, 0.15) is 4.88 Å². The monoisotopic (exact) mass is 377 g/mol. The second kappa shape index (κ2) is 8.50. The fourth-order valence-corrected chi connectivity index (χ4v) is 4.10. The number of esters is 1. The number of ether oxygens (including phenoxy) is 1. The second-order valence-electron chi connectivity index (χ2n) is 6.10. The van der Waals surface area contributed by atoms with Crippen molar-refractivity contribution in [1.82, 2.24) is 5.32 Å². The lowest BCUT2D eigenvalue weighted by Crippen LogP contribution is -2.28. The summed E-state index contributed by atoms with van der Waals surface area (Å²) in [5.74, 6) is -0.735. The van der Waals surface area contributed by atoms with Gasteiger partial charge in [-0.25, -0.2) is 4.79 Å². The van der Waals surface area contributed by atoms with Gasteiger partial charge < -0.3 is 10.1 Å². The lowest BCUT2D eigenvalue weighted by molar-refractivity contribution is -0.124. The van der Waals surface area contributed by atoms with Gasteiger partial charge in [0.05, 0.1) is 0 Å². The van der Waals surface area contributed by atoms with Crippen LogP contribution in [0.25, 0.3) is 0 Å². The number of halogens is 1. The van der Waals surface area contributed by atoms with Crippen molar-refractivity contribution in [2.45, 2.75) is 38.6 Å². The molecule has 0 bridgehead atoms. The van der Waals surface area contributed by atoms with Crippen LogP contribution in [0.5, 0.6) is 0 Å². The standard InChI is InChI=1S/C19H20ClNO3S/c20-15-8-6-13(7-9-15)11-21-18(22)12-24-19(23)17-10-14-4-2-1-3-5-16(14)25-17/h6-10H,1-5,11-12H2,(H,21,22). The van der Waals surface area contributed by atoms with Gasteiger partial charge in [-0.3, -0.25) is 4.79 Å². The summed E-state index contributed by atoms with van der Waals surface area (Å²) in [6.45, 7) is 0.107. The Balaban J connectivity index is 1.47. The zero-order valence-electron chi connectivity index (χ0n) is 13.8. The van der Waals surface area contributed by atoms with E-state index in [2.05, 4.69) is 5.32 Å². The van der Waals surface area contributed by atoms with E-state index in [1.54, 1.807) is 12.1 Å². The van der Waals surface area contributed by atoms with E-state index in [1.807, 2.05) is 18.2 Å². The van der Waals surface area contributed by atoms with Crippen LogP contribution < -0.4 is 5.32 Å². The SMILES string of the molecule is O=C(COC(=O)c1cc2c(s1)CCCCC2)NCc1ccc(Cl)cc1. The summed E-state index contributed by atoms with van der Waals surface area (Å²) in [5.41, 5.74) is 2.20. The lowest BCUT2D eigenvalue weighted by atomic mass is 10.1. The van der Waals surface area contributed by atoms with Crippen molar-refractivity contribution in [1.29, 1.82) is 0 Å². The number of hydrogen-bond acceptors (Lipinski definition) is 4. The minimum absolute atomic E-state index is 0.269. The highest BCUT2D eigenvalue weighted by molar-refractivity contribution is 7.14. The Bertz CT molecular complexity index is 731. The summed E-state index contributed by atoms with van der Waals surface area (Å²) < 4.78 is 5.14. The van der Waals surface area contributed by atoms with Crippen LogP contribution >= 0.6 is 22.9 Å². The van der Waals surface area contributed by atoms with Crippen molar-refractivity contribution in [3.63, 3.8) is 0 Å². The molecule has 1 N–H and O–H groups in total. The molecular weight excluding hydrogens is 358 g/mol. The van der Waals surface area contributed by atoms with Crippen LogP contribution in [0, 0.1) is 0 Å². The molecule has 0 aliphatic heterocycles. The zero-order chi connectivity index (χ0) is 17.6. The number of carbonyl (C=O) groups is 2. The quantitative estimate of drug-likeness (QED) is 0.629. The largest absolute Gasteiger partial charge is 0.451 e. The van der Waals surface area contributed by atoms with Crippen molar-refractivity contribution in [3.05, 3.63) is 56.2 Å². The van der Waals surface area contributed by atoms with Gasteiger partial charge in [-0.1, -0.05) is 30.2 Å². The number of fused-ring (bicyclic) bond motifs is 1. The van der Waals surface area contributed by atoms with Crippen molar-refractivity contribution < 1.29 is 14.3 Å². The molecular formula is C19H20ClNO3S. The summed E-state index contributed by atoms with van der Waals surface area (Å²) in [6, 6.07) is 9.15. The van der Waals surface area contributed by atoms with E-state index >= 15 is 0 Å². The fourth-order valence-electron chi connectivity index (χ4n) is 2.82. The average Bonchev–Trinajstić information content (AvgIpc) is 2.90. The van der Waals surface area contributed by atoms with E-state index in [0.717, 1.165) is 18.4 Å². The Kier molecular flexibility index (Phi) is 6.10. The third kappa shape index (κ3) is 5.06. The Morgan fingerprint density at radius 3 is 2.68 bits per heavy atom. The molecule has 0 saturated carbocycles. The molecule has 0 saturated heterocycles. The molecule has 4 nitrogen and oxygen atoms in total. The molecule has 1 heterocycles. The minimum Gasteiger partial charge on any atom is -0.451 e. The van der Waals surface area contributed by atoms with Gasteiger partial charge in [-0.15, -0.1) is 11.3 Å². The summed E-state index contributed by atoms with van der Waals surface area (Å²) >= 11 is 7.32. The normalized spacial score (nSPS) is 13.6. The summed E-state index contributed by atoms with van der Waals surface area (Å²) in [4.78, 5) is 25.9. The van der Waals surface area contributed by atoms with Crippen LogP contribution in [0.1, 0.15) is 44.9 Å². The van der Waals surface area contributed by atoms with E-state index in [9.17, 15) is 9.59 Å². The summed E-state index contributed by atoms with van der Waals surface area (Å²) in [6.07, 6.45) is 5.66. The molecule has 0 atom stereocenters. The number of amides is 1. The lowest BCUT2D eigenvalue weighted by Gasteiger charge is -2.06. The topological polar surface area (TPSA) is 55.4 Å². The number of carbonyl (C=O) groups excluding carboxylic acids is 2. The van der Waals surface area contributed by atoms with E-state index in [0.29, 0.717) is 16.4 Å². The molecule has 2 aromatic rings. The van der Waals surface area contributed by atoms with E-state index < -0.39 is 5.97 Å². The zero-order valence-corrected chi connectivity index (χ0v) is 15.4. The van der Waals surface area contributed by atoms with E-state index in [-0.39, 0.29) is 12.5 Å². The second-order valence-corrected chi connectivity index (χ2v) is 7.67. The van der Waals surface area contributed by atoms with Gasteiger partial charge in [0.2, 0.25) is 0 Å². The van der Waals surface area contributed by atoms with Crippen LogP contribution in [0.4, 0.5) is 0 Å². The van der Waals surface area contributed by atoms with Gasteiger partial charge in [-0.05, 0) is 55.0 Å². The van der Waals surface area contributed by atoms with Crippen LogP contribution in [0.15, 0.2) is 30.3 Å². The molecule has 1 aliphatic carbocycles. The Morgan fingerprint density at radius 1 is 1.12 bits per heavy atom. The third-order valence-corrected chi connectivity index (χ3v) is 5.65. The predicted octanol–water partition coefficient (Wildman–Crippen LogP) is 4.14. The highest BCUT2D eigenvalue weighted by atomic mass is 35.5. The van der Waals surface area contributed by atoms with Crippen molar-refractivity contribution >= 4 is 34.8 Å². The third-order valence-electron chi connectivity index (χ3n) is 4.19. The molecule has 0 fully saturated rings. The minimum atomic E-state index is -0.417. The Morgan fingerprint density at radius 2 is 1.88 bits per heavy atom. The number of hydrogen-bond donors (Lipinski definition) is 1. The first-order chi connectivity index (χ1) is 12.1. The maximum atomic E-state index is 12.2. The first-order valence-electron chi connectivity index (χ1n) is 8.41. The number of thiophene rings is 1. The van der Waals surface area contributed by atoms with Crippen LogP contribution in [-0.4, -0.2) is 18.5 Å². The molecule has 1 aromatic heterocycles. The Labute approximate surface area is 156 Å². The number of rotatable bonds is 5. The molecule has 1 amide bonds. The molecule has 3 rings (SSSR count). The molecule has 6 heteroatoms. The van der Waals surface area contributed by atoms with Gasteiger partial charge in [0.15, 0.2) is 6.61 Å². The van der Waals surface area contributed by atoms with Crippen LogP contribution in [0.3, 0.4) is 0 Å². The van der Waals surface area contributed by atoms with E-state index in [1.165, 1.54) is 41.0 Å². The molecule has 0 spiro atoms. The first kappa shape index (κ1) is 18.0.